The van der Waals surface area contributed by atoms with Crippen LogP contribution in [0, 0.1) is 27.7 Å². The second kappa shape index (κ2) is 5.67. The monoisotopic (exact) mass is 292 g/mol. The number of hydrogen-bond donors (Lipinski definition) is 0. The van der Waals surface area contributed by atoms with Gasteiger partial charge in [0.2, 0.25) is 0 Å². The largest absolute Gasteiger partial charge is 0.484 e. The van der Waals surface area contributed by atoms with Crippen LogP contribution in [0.15, 0.2) is 18.2 Å². The first kappa shape index (κ1) is 14.6. The molecule has 0 atom stereocenters. The first-order valence-corrected chi connectivity index (χ1v) is 6.73. The van der Waals surface area contributed by atoms with E-state index in [-0.39, 0.29) is 12.5 Å². The molecule has 4 nitrogen and oxygen atoms in total. The molecule has 5 heteroatoms. The predicted octanol–water partition coefficient (Wildman–Crippen LogP) is 3.49. The molecular formula is C15H17ClN2O2. The van der Waals surface area contributed by atoms with Crippen LogP contribution in [0.25, 0.3) is 0 Å². The standard InChI is InChI=1S/C15H17ClN2O2/c1-9-7-13(5-6-14(9)16)20-8-15(19)18-12(4)10(2)11(3)17-18/h5-7H,8H2,1-4H3. The molecule has 106 valence electrons. The Kier molecular flexibility index (Phi) is 4.14. The van der Waals surface area contributed by atoms with Gasteiger partial charge in [0.1, 0.15) is 5.75 Å². The second-order valence-electron chi connectivity index (χ2n) is 4.80. The predicted molar refractivity (Wildman–Crippen MR) is 78.7 cm³/mol. The first-order chi connectivity index (χ1) is 9.40. The maximum Gasteiger partial charge on any atom is 0.284 e. The van der Waals surface area contributed by atoms with E-state index in [4.69, 9.17) is 16.3 Å². The minimum Gasteiger partial charge on any atom is -0.484 e. The normalized spacial score (nSPS) is 10.7. The number of carbonyl (C=O) groups excluding carboxylic acids is 1. The lowest BCUT2D eigenvalue weighted by molar-refractivity contribution is 0.0818. The summed E-state index contributed by atoms with van der Waals surface area (Å²) in [6.45, 7) is 7.55. The third-order valence-electron chi connectivity index (χ3n) is 3.38. The first-order valence-electron chi connectivity index (χ1n) is 6.35. The fourth-order valence-corrected chi connectivity index (χ4v) is 1.99. The van der Waals surface area contributed by atoms with Crippen molar-refractivity contribution in [1.82, 2.24) is 9.78 Å². The lowest BCUT2D eigenvalue weighted by Gasteiger charge is -2.08. The molecule has 0 spiro atoms. The molecule has 0 bridgehead atoms. The highest BCUT2D eigenvalue weighted by Crippen LogP contribution is 2.21. The molecule has 1 aromatic heterocycles. The molecule has 0 saturated carbocycles. The van der Waals surface area contributed by atoms with Gasteiger partial charge in [0.25, 0.3) is 5.91 Å². The SMILES string of the molecule is Cc1cc(OCC(=O)n2nc(C)c(C)c2C)ccc1Cl. The summed E-state index contributed by atoms with van der Waals surface area (Å²) in [7, 11) is 0. The molecule has 2 aromatic rings. The van der Waals surface area contributed by atoms with Crippen LogP contribution in [-0.4, -0.2) is 22.3 Å². The molecule has 2 rings (SSSR count). The summed E-state index contributed by atoms with van der Waals surface area (Å²) in [4.78, 5) is 12.1. The van der Waals surface area contributed by atoms with Crippen molar-refractivity contribution in [2.45, 2.75) is 27.7 Å². The maximum absolute atomic E-state index is 12.1. The molecular weight excluding hydrogens is 276 g/mol. The highest BCUT2D eigenvalue weighted by atomic mass is 35.5. The number of rotatable bonds is 3. The van der Waals surface area contributed by atoms with E-state index >= 15 is 0 Å². The summed E-state index contributed by atoms with van der Waals surface area (Å²) in [5.74, 6) is 0.435. The molecule has 0 radical (unpaired) electrons. The van der Waals surface area contributed by atoms with Crippen molar-refractivity contribution < 1.29 is 9.53 Å². The molecule has 0 aliphatic heterocycles. The zero-order valence-corrected chi connectivity index (χ0v) is 12.8. The van der Waals surface area contributed by atoms with Crippen molar-refractivity contribution in [2.75, 3.05) is 6.61 Å². The lowest BCUT2D eigenvalue weighted by atomic mass is 10.2. The third-order valence-corrected chi connectivity index (χ3v) is 3.81. The quantitative estimate of drug-likeness (QED) is 0.870. The van der Waals surface area contributed by atoms with Gasteiger partial charge in [-0.05, 0) is 57.0 Å². The average Bonchev–Trinajstić information content (AvgIpc) is 2.67. The van der Waals surface area contributed by atoms with Gasteiger partial charge >= 0.3 is 0 Å². The minimum atomic E-state index is -0.189. The summed E-state index contributed by atoms with van der Waals surface area (Å²) in [6, 6.07) is 5.31. The summed E-state index contributed by atoms with van der Waals surface area (Å²) < 4.78 is 6.89. The van der Waals surface area contributed by atoms with Gasteiger partial charge in [-0.1, -0.05) is 11.6 Å². The number of ether oxygens (including phenoxy) is 1. The van der Waals surface area contributed by atoms with Gasteiger partial charge in [-0.3, -0.25) is 4.79 Å². The topological polar surface area (TPSA) is 44.1 Å². The van der Waals surface area contributed by atoms with Crippen molar-refractivity contribution >= 4 is 17.5 Å². The maximum atomic E-state index is 12.1. The van der Waals surface area contributed by atoms with Gasteiger partial charge in [-0.15, -0.1) is 0 Å². The Morgan fingerprint density at radius 1 is 1.30 bits per heavy atom. The van der Waals surface area contributed by atoms with Crippen molar-refractivity contribution in [2.24, 2.45) is 0 Å². The van der Waals surface area contributed by atoms with Crippen LogP contribution in [-0.2, 0) is 0 Å². The Labute approximate surface area is 123 Å². The Bertz CT molecular complexity index is 662. The van der Waals surface area contributed by atoms with Crippen LogP contribution in [0.3, 0.4) is 0 Å². The summed E-state index contributed by atoms with van der Waals surface area (Å²) in [6.07, 6.45) is 0. The molecule has 1 heterocycles. The molecule has 0 aliphatic rings. The Morgan fingerprint density at radius 3 is 2.55 bits per heavy atom. The molecule has 20 heavy (non-hydrogen) atoms. The van der Waals surface area contributed by atoms with E-state index in [0.717, 1.165) is 22.5 Å². The minimum absolute atomic E-state index is 0.0531. The van der Waals surface area contributed by atoms with Crippen molar-refractivity contribution in [3.63, 3.8) is 0 Å². The van der Waals surface area contributed by atoms with Crippen molar-refractivity contribution in [1.29, 1.82) is 0 Å². The number of nitrogens with zero attached hydrogens (tertiary/aromatic N) is 2. The second-order valence-corrected chi connectivity index (χ2v) is 5.21. The number of aryl methyl sites for hydroxylation is 2. The van der Waals surface area contributed by atoms with Gasteiger partial charge < -0.3 is 4.74 Å². The Balaban J connectivity index is 2.08. The molecule has 0 aliphatic carbocycles. The summed E-state index contributed by atoms with van der Waals surface area (Å²) >= 11 is 5.94. The van der Waals surface area contributed by atoms with Crippen molar-refractivity contribution in [3.05, 3.63) is 45.7 Å². The van der Waals surface area contributed by atoms with E-state index in [1.54, 1.807) is 12.1 Å². The van der Waals surface area contributed by atoms with Crippen molar-refractivity contribution in [3.8, 4) is 5.75 Å². The van der Waals surface area contributed by atoms with Gasteiger partial charge in [0, 0.05) is 10.7 Å². The molecule has 0 fully saturated rings. The van der Waals surface area contributed by atoms with Gasteiger partial charge in [-0.2, -0.15) is 5.10 Å². The van der Waals surface area contributed by atoms with Crippen LogP contribution >= 0.6 is 11.6 Å². The molecule has 0 unspecified atom stereocenters. The third kappa shape index (κ3) is 2.85. The zero-order chi connectivity index (χ0) is 14.9. The van der Waals surface area contributed by atoms with Crippen LogP contribution in [0.4, 0.5) is 0 Å². The zero-order valence-electron chi connectivity index (χ0n) is 12.0. The lowest BCUT2D eigenvalue weighted by Crippen LogP contribution is -2.21. The van der Waals surface area contributed by atoms with E-state index in [1.807, 2.05) is 33.8 Å². The van der Waals surface area contributed by atoms with E-state index in [9.17, 15) is 4.79 Å². The van der Waals surface area contributed by atoms with Crippen LogP contribution in [0.1, 0.15) is 27.3 Å². The average molecular weight is 293 g/mol. The van der Waals surface area contributed by atoms with Crippen LogP contribution in [0.2, 0.25) is 5.02 Å². The summed E-state index contributed by atoms with van der Waals surface area (Å²) in [5, 5.41) is 4.90. The molecule has 0 amide bonds. The van der Waals surface area contributed by atoms with E-state index in [1.165, 1.54) is 4.68 Å². The van der Waals surface area contributed by atoms with Crippen LogP contribution < -0.4 is 4.74 Å². The molecule has 0 N–H and O–H groups in total. The fraction of sp³-hybridized carbons (Fsp3) is 0.333. The van der Waals surface area contributed by atoms with E-state index < -0.39 is 0 Å². The summed E-state index contributed by atoms with van der Waals surface area (Å²) in [5.41, 5.74) is 3.65. The Morgan fingerprint density at radius 2 is 2.00 bits per heavy atom. The van der Waals surface area contributed by atoms with E-state index in [0.29, 0.717) is 10.8 Å². The number of halogens is 1. The fourth-order valence-electron chi connectivity index (χ4n) is 1.88. The van der Waals surface area contributed by atoms with Gasteiger partial charge in [-0.25, -0.2) is 4.68 Å². The smallest absolute Gasteiger partial charge is 0.284 e. The van der Waals surface area contributed by atoms with Gasteiger partial charge in [0.15, 0.2) is 6.61 Å². The van der Waals surface area contributed by atoms with Crippen LogP contribution in [0.5, 0.6) is 5.75 Å². The number of carbonyl (C=O) groups is 1. The van der Waals surface area contributed by atoms with Gasteiger partial charge in [0.05, 0.1) is 5.69 Å². The molecule has 0 saturated heterocycles. The molecule has 1 aromatic carbocycles. The number of hydrogen-bond acceptors (Lipinski definition) is 3. The Hall–Kier alpha value is -1.81. The number of aromatic nitrogens is 2. The highest BCUT2D eigenvalue weighted by molar-refractivity contribution is 6.31. The highest BCUT2D eigenvalue weighted by Gasteiger charge is 2.14. The number of benzene rings is 1. The van der Waals surface area contributed by atoms with E-state index in [2.05, 4.69) is 5.10 Å².